The molecule has 0 bridgehead atoms. The van der Waals surface area contributed by atoms with Gasteiger partial charge in [0.2, 0.25) is 0 Å². The number of nitrogens with zero attached hydrogens (tertiary/aromatic N) is 2. The Morgan fingerprint density at radius 1 is 1.25 bits per heavy atom. The largest absolute Gasteiger partial charge is 0.381 e. The summed E-state index contributed by atoms with van der Waals surface area (Å²) in [7, 11) is 3.87. The fraction of sp³-hybridized carbons (Fsp3) is 0.923. The molecule has 0 saturated carbocycles. The third-order valence-electron chi connectivity index (χ3n) is 3.50. The van der Waals surface area contributed by atoms with Gasteiger partial charge in [-0.05, 0) is 6.42 Å². The van der Waals surface area contributed by atoms with Crippen molar-refractivity contribution in [1.82, 2.24) is 10.2 Å². The van der Waals surface area contributed by atoms with Crippen LogP contribution in [0.25, 0.3) is 0 Å². The molecule has 2 heterocycles. The third-order valence-corrected chi connectivity index (χ3v) is 3.50. The SMILES string of the molecule is CN=C(NCC1COCCO1)N(C)CC1CCOC1.I. The Hall–Kier alpha value is -0.120. The number of halogens is 1. The number of aliphatic imine (C=N–C) groups is 1. The van der Waals surface area contributed by atoms with Crippen LogP contribution in [0.4, 0.5) is 0 Å². The van der Waals surface area contributed by atoms with Crippen molar-refractivity contribution in [3.63, 3.8) is 0 Å². The molecule has 0 aliphatic carbocycles. The van der Waals surface area contributed by atoms with E-state index in [1.165, 1.54) is 0 Å². The van der Waals surface area contributed by atoms with Crippen LogP contribution in [0.2, 0.25) is 0 Å². The molecular weight excluding hydrogens is 373 g/mol. The summed E-state index contributed by atoms with van der Waals surface area (Å²) in [4.78, 5) is 6.46. The molecule has 6 nitrogen and oxygen atoms in total. The van der Waals surface area contributed by atoms with E-state index in [1.54, 1.807) is 0 Å². The van der Waals surface area contributed by atoms with E-state index < -0.39 is 0 Å². The quantitative estimate of drug-likeness (QED) is 0.426. The highest BCUT2D eigenvalue weighted by Gasteiger charge is 2.20. The summed E-state index contributed by atoms with van der Waals surface area (Å²) in [5, 5.41) is 3.34. The van der Waals surface area contributed by atoms with Crippen LogP contribution in [0.3, 0.4) is 0 Å². The lowest BCUT2D eigenvalue weighted by Gasteiger charge is -2.28. The zero-order valence-corrected chi connectivity index (χ0v) is 14.7. The molecule has 1 N–H and O–H groups in total. The predicted molar refractivity (Wildman–Crippen MR) is 88.9 cm³/mol. The second kappa shape index (κ2) is 9.75. The van der Waals surface area contributed by atoms with Gasteiger partial charge in [-0.1, -0.05) is 0 Å². The Labute approximate surface area is 138 Å². The Balaban J connectivity index is 0.00000200. The average Bonchev–Trinajstić information content (AvgIpc) is 2.93. The van der Waals surface area contributed by atoms with Crippen LogP contribution in [0.5, 0.6) is 0 Å². The monoisotopic (exact) mass is 399 g/mol. The first-order valence-corrected chi connectivity index (χ1v) is 6.98. The number of nitrogens with one attached hydrogen (secondary N) is 1. The van der Waals surface area contributed by atoms with E-state index in [0.29, 0.717) is 25.7 Å². The molecule has 7 heteroatoms. The molecule has 2 aliphatic rings. The molecule has 2 aliphatic heterocycles. The summed E-state index contributed by atoms with van der Waals surface area (Å²) in [6.07, 6.45) is 1.26. The summed E-state index contributed by atoms with van der Waals surface area (Å²) < 4.78 is 16.4. The molecular formula is C13H26IN3O3. The van der Waals surface area contributed by atoms with Gasteiger partial charge >= 0.3 is 0 Å². The zero-order chi connectivity index (χ0) is 13.5. The molecule has 0 radical (unpaired) electrons. The lowest BCUT2D eigenvalue weighted by molar-refractivity contribution is -0.0851. The van der Waals surface area contributed by atoms with E-state index >= 15 is 0 Å². The second-order valence-corrected chi connectivity index (χ2v) is 5.11. The standard InChI is InChI=1S/C13H25N3O3.HI/c1-14-13(15-7-12-10-18-5-6-19-12)16(2)8-11-3-4-17-9-11;/h11-12H,3-10H2,1-2H3,(H,14,15);1H. The molecule has 118 valence electrons. The van der Waals surface area contributed by atoms with Crippen molar-refractivity contribution in [3.8, 4) is 0 Å². The summed E-state index contributed by atoms with van der Waals surface area (Å²) in [5.41, 5.74) is 0. The predicted octanol–water partition coefficient (Wildman–Crippen LogP) is 0.563. The summed E-state index contributed by atoms with van der Waals surface area (Å²) in [6, 6.07) is 0. The number of hydrogen-bond donors (Lipinski definition) is 1. The van der Waals surface area contributed by atoms with Crippen LogP contribution < -0.4 is 5.32 Å². The molecule has 2 saturated heterocycles. The maximum absolute atomic E-state index is 5.60. The minimum Gasteiger partial charge on any atom is -0.381 e. The van der Waals surface area contributed by atoms with Crippen LogP contribution in [0.15, 0.2) is 4.99 Å². The molecule has 0 spiro atoms. The van der Waals surface area contributed by atoms with Gasteiger partial charge in [-0.25, -0.2) is 0 Å². The highest BCUT2D eigenvalue weighted by atomic mass is 127. The second-order valence-electron chi connectivity index (χ2n) is 5.11. The number of hydrogen-bond acceptors (Lipinski definition) is 4. The van der Waals surface area contributed by atoms with Crippen LogP contribution in [-0.4, -0.2) is 77.2 Å². The van der Waals surface area contributed by atoms with E-state index in [-0.39, 0.29) is 30.1 Å². The molecule has 0 aromatic rings. The first kappa shape index (κ1) is 17.9. The van der Waals surface area contributed by atoms with Crippen molar-refractivity contribution in [1.29, 1.82) is 0 Å². The van der Waals surface area contributed by atoms with E-state index in [4.69, 9.17) is 14.2 Å². The van der Waals surface area contributed by atoms with Gasteiger partial charge in [-0.3, -0.25) is 4.99 Å². The van der Waals surface area contributed by atoms with Crippen molar-refractivity contribution in [2.45, 2.75) is 12.5 Å². The van der Waals surface area contributed by atoms with Gasteiger partial charge < -0.3 is 24.4 Å². The summed E-state index contributed by atoms with van der Waals surface area (Å²) in [5.74, 6) is 1.51. The maximum Gasteiger partial charge on any atom is 0.193 e. The van der Waals surface area contributed by atoms with E-state index in [2.05, 4.69) is 22.3 Å². The minimum absolute atomic E-state index is 0. The summed E-state index contributed by atoms with van der Waals surface area (Å²) >= 11 is 0. The third kappa shape index (κ3) is 5.71. The molecule has 0 amide bonds. The lowest BCUT2D eigenvalue weighted by atomic mass is 10.1. The zero-order valence-electron chi connectivity index (χ0n) is 12.3. The Bertz CT molecular complexity index is 293. The van der Waals surface area contributed by atoms with Gasteiger partial charge in [-0.15, -0.1) is 24.0 Å². The Morgan fingerprint density at radius 3 is 2.65 bits per heavy atom. The highest BCUT2D eigenvalue weighted by molar-refractivity contribution is 14.0. The fourth-order valence-corrected chi connectivity index (χ4v) is 2.45. The van der Waals surface area contributed by atoms with Gasteiger partial charge in [-0.2, -0.15) is 0 Å². The van der Waals surface area contributed by atoms with Crippen LogP contribution in [0.1, 0.15) is 6.42 Å². The number of guanidine groups is 1. The average molecular weight is 399 g/mol. The van der Waals surface area contributed by atoms with Crippen molar-refractivity contribution in [2.75, 3.05) is 60.2 Å². The van der Waals surface area contributed by atoms with Gasteiger partial charge in [0.05, 0.1) is 32.5 Å². The van der Waals surface area contributed by atoms with Crippen molar-refractivity contribution in [2.24, 2.45) is 10.9 Å². The molecule has 2 atom stereocenters. The molecule has 2 fully saturated rings. The molecule has 0 aromatic carbocycles. The highest BCUT2D eigenvalue weighted by Crippen LogP contribution is 2.13. The topological polar surface area (TPSA) is 55.3 Å². The fourth-order valence-electron chi connectivity index (χ4n) is 2.45. The maximum atomic E-state index is 5.60. The smallest absolute Gasteiger partial charge is 0.193 e. The number of rotatable bonds is 4. The van der Waals surface area contributed by atoms with Gasteiger partial charge in [0.25, 0.3) is 0 Å². The molecule has 0 aromatic heterocycles. The molecule has 2 rings (SSSR count). The van der Waals surface area contributed by atoms with Crippen molar-refractivity contribution in [3.05, 3.63) is 0 Å². The van der Waals surface area contributed by atoms with E-state index in [9.17, 15) is 0 Å². The van der Waals surface area contributed by atoms with Crippen molar-refractivity contribution >= 4 is 29.9 Å². The van der Waals surface area contributed by atoms with Crippen LogP contribution in [-0.2, 0) is 14.2 Å². The van der Waals surface area contributed by atoms with Crippen molar-refractivity contribution < 1.29 is 14.2 Å². The lowest BCUT2D eigenvalue weighted by Crippen LogP contribution is -2.46. The first-order chi connectivity index (χ1) is 9.29. The van der Waals surface area contributed by atoms with Crippen LogP contribution in [0, 0.1) is 5.92 Å². The summed E-state index contributed by atoms with van der Waals surface area (Å²) in [6.45, 7) is 5.50. The Morgan fingerprint density at radius 2 is 2.05 bits per heavy atom. The van der Waals surface area contributed by atoms with Gasteiger partial charge in [0, 0.05) is 39.7 Å². The Kier molecular flexibility index (Phi) is 8.74. The molecule has 2 unspecified atom stereocenters. The minimum atomic E-state index is 0. The van der Waals surface area contributed by atoms with Gasteiger partial charge in [0.15, 0.2) is 5.96 Å². The number of ether oxygens (including phenoxy) is 3. The normalized spacial score (nSPS) is 27.0. The van der Waals surface area contributed by atoms with Crippen LogP contribution >= 0.6 is 24.0 Å². The van der Waals surface area contributed by atoms with E-state index in [1.807, 2.05) is 7.05 Å². The first-order valence-electron chi connectivity index (χ1n) is 6.98. The van der Waals surface area contributed by atoms with Gasteiger partial charge in [0.1, 0.15) is 0 Å². The molecule has 20 heavy (non-hydrogen) atoms. The van der Waals surface area contributed by atoms with E-state index in [0.717, 1.165) is 38.7 Å².